The summed E-state index contributed by atoms with van der Waals surface area (Å²) in [5.41, 5.74) is 2.52. The first-order valence-electron chi connectivity index (χ1n) is 14.6. The third-order valence-corrected chi connectivity index (χ3v) is 8.89. The molecule has 0 radical (unpaired) electrons. The van der Waals surface area contributed by atoms with E-state index < -0.39 is 12.1 Å². The largest absolute Gasteiger partial charge is 0.506 e. The molecule has 4 aromatic rings. The molecular weight excluding hydrogens is 628 g/mol. The van der Waals surface area contributed by atoms with Gasteiger partial charge < -0.3 is 24.8 Å². The predicted octanol–water partition coefficient (Wildman–Crippen LogP) is 7.78. The van der Waals surface area contributed by atoms with Gasteiger partial charge in [-0.25, -0.2) is 14.3 Å². The number of ether oxygens (including phenoxy) is 2. The summed E-state index contributed by atoms with van der Waals surface area (Å²) < 4.78 is 13.1. The van der Waals surface area contributed by atoms with Gasteiger partial charge in [-0.05, 0) is 43.3 Å². The number of carbonyl (C=O) groups excluding carboxylic acids is 2. The fourth-order valence-electron chi connectivity index (χ4n) is 4.94. The quantitative estimate of drug-likeness (QED) is 0.184. The van der Waals surface area contributed by atoms with Crippen LogP contribution in [0.4, 0.5) is 21.1 Å². The molecule has 1 aromatic heterocycles. The minimum absolute atomic E-state index is 0.0433. The topological polar surface area (TPSA) is 121 Å². The predicted molar refractivity (Wildman–Crippen MR) is 178 cm³/mol. The maximum absolute atomic E-state index is 13.1. The minimum atomic E-state index is -0.436. The number of rotatable bonds is 7. The Kier molecular flexibility index (Phi) is 8.49. The summed E-state index contributed by atoms with van der Waals surface area (Å²) >= 11 is 7.72. The van der Waals surface area contributed by atoms with E-state index in [0.717, 1.165) is 21.8 Å². The highest BCUT2D eigenvalue weighted by Gasteiger charge is 2.39. The van der Waals surface area contributed by atoms with Crippen LogP contribution in [0.5, 0.6) is 17.2 Å². The number of para-hydroxylation sites is 1. The number of amides is 3. The molecular formula is C33H33ClN6O5S. The van der Waals surface area contributed by atoms with E-state index >= 15 is 0 Å². The first kappa shape index (κ1) is 31.2. The summed E-state index contributed by atoms with van der Waals surface area (Å²) in [7, 11) is 0. The lowest BCUT2D eigenvalue weighted by atomic mass is 9.92. The van der Waals surface area contributed by atoms with E-state index in [9.17, 15) is 14.7 Å². The highest BCUT2D eigenvalue weighted by atomic mass is 35.5. The van der Waals surface area contributed by atoms with Crippen LogP contribution in [0.15, 0.2) is 84.0 Å². The Morgan fingerprint density at radius 3 is 2.63 bits per heavy atom. The van der Waals surface area contributed by atoms with Crippen LogP contribution in [0, 0.1) is 0 Å². The Labute approximate surface area is 275 Å². The molecule has 3 heterocycles. The normalized spacial score (nSPS) is 15.0. The molecule has 3 amide bonds. The number of nitrogens with zero attached hydrogens (tertiary/aromatic N) is 4. The van der Waals surface area contributed by atoms with Crippen LogP contribution in [0.25, 0.3) is 5.69 Å². The molecule has 238 valence electrons. The van der Waals surface area contributed by atoms with Gasteiger partial charge in [-0.3, -0.25) is 10.2 Å². The number of aromatic hydroxyl groups is 1. The minimum Gasteiger partial charge on any atom is -0.506 e. The van der Waals surface area contributed by atoms with Crippen molar-refractivity contribution in [2.45, 2.75) is 50.0 Å². The summed E-state index contributed by atoms with van der Waals surface area (Å²) in [5, 5.41) is 20.6. The first-order valence-corrected chi connectivity index (χ1v) is 15.9. The molecule has 11 nitrogen and oxygen atoms in total. The third-order valence-electron chi connectivity index (χ3n) is 7.32. The average Bonchev–Trinajstić information content (AvgIpc) is 3.72. The lowest BCUT2D eigenvalue weighted by molar-refractivity contribution is 0.122. The molecule has 3 N–H and O–H groups in total. The maximum atomic E-state index is 13.1. The number of thioether (sulfide) groups is 1. The third kappa shape index (κ3) is 6.31. The van der Waals surface area contributed by atoms with E-state index in [1.54, 1.807) is 46.6 Å². The molecule has 0 saturated heterocycles. The fourth-order valence-corrected chi connectivity index (χ4v) is 6.34. The Balaban J connectivity index is 1.15. The number of urea groups is 1. The SMILES string of the molecule is CCOC(=O)N1C=CN2c3cc(Oc4ccccc4CNC(=O)Nc4cc(C(C)(C)C)nn4-c4ccc(O)c(Cl)c4)ccc3SC12. The average molecular weight is 661 g/mol. The van der Waals surface area contributed by atoms with Gasteiger partial charge in [-0.15, -0.1) is 0 Å². The van der Waals surface area contributed by atoms with Crippen molar-refractivity contribution in [1.82, 2.24) is 20.0 Å². The van der Waals surface area contributed by atoms with Crippen LogP contribution >= 0.6 is 23.4 Å². The highest BCUT2D eigenvalue weighted by molar-refractivity contribution is 8.00. The zero-order valence-corrected chi connectivity index (χ0v) is 27.2. The van der Waals surface area contributed by atoms with E-state index in [1.807, 2.05) is 80.4 Å². The van der Waals surface area contributed by atoms with E-state index in [-0.39, 0.29) is 28.2 Å². The van der Waals surface area contributed by atoms with E-state index in [4.69, 9.17) is 26.2 Å². The van der Waals surface area contributed by atoms with E-state index in [1.165, 1.54) is 6.07 Å². The van der Waals surface area contributed by atoms with Crippen molar-refractivity contribution in [3.63, 3.8) is 0 Å². The van der Waals surface area contributed by atoms with Crippen molar-refractivity contribution < 1.29 is 24.2 Å². The Morgan fingerprint density at radius 2 is 1.87 bits per heavy atom. The molecule has 0 aliphatic carbocycles. The molecule has 13 heteroatoms. The molecule has 1 unspecified atom stereocenters. The number of fused-ring (bicyclic) bond motifs is 3. The van der Waals surface area contributed by atoms with Gasteiger partial charge in [0.1, 0.15) is 23.1 Å². The molecule has 0 spiro atoms. The van der Waals surface area contributed by atoms with Crippen LogP contribution in [0.3, 0.4) is 0 Å². The van der Waals surface area contributed by atoms with Gasteiger partial charge >= 0.3 is 12.1 Å². The number of carbonyl (C=O) groups is 2. The lowest BCUT2D eigenvalue weighted by Crippen LogP contribution is -2.37. The van der Waals surface area contributed by atoms with Crippen LogP contribution in [-0.4, -0.2) is 44.0 Å². The van der Waals surface area contributed by atoms with E-state index in [2.05, 4.69) is 10.6 Å². The molecule has 2 aliphatic heterocycles. The fraction of sp³-hybridized carbons (Fsp3) is 0.242. The first-order chi connectivity index (χ1) is 22.0. The van der Waals surface area contributed by atoms with Crippen LogP contribution in [0.2, 0.25) is 5.02 Å². The highest BCUT2D eigenvalue weighted by Crippen LogP contribution is 2.49. The van der Waals surface area contributed by atoms with Gasteiger partial charge in [-0.1, -0.05) is 62.3 Å². The summed E-state index contributed by atoms with van der Waals surface area (Å²) in [6, 6.07) is 19.4. The Morgan fingerprint density at radius 1 is 1.07 bits per heavy atom. The second kappa shape index (κ2) is 12.5. The molecule has 1 atom stereocenters. The monoisotopic (exact) mass is 660 g/mol. The van der Waals surface area contributed by atoms with Crippen molar-refractivity contribution >= 4 is 47.0 Å². The molecule has 0 saturated carbocycles. The number of halogens is 1. The zero-order valence-electron chi connectivity index (χ0n) is 25.7. The van der Waals surface area contributed by atoms with Crippen molar-refractivity contribution in [2.75, 3.05) is 16.8 Å². The number of anilines is 2. The van der Waals surface area contributed by atoms with E-state index in [0.29, 0.717) is 29.6 Å². The molecule has 46 heavy (non-hydrogen) atoms. The molecule has 0 bridgehead atoms. The summed E-state index contributed by atoms with van der Waals surface area (Å²) in [4.78, 5) is 30.1. The molecule has 3 aromatic carbocycles. The van der Waals surface area contributed by atoms with Gasteiger partial charge in [0.2, 0.25) is 0 Å². The van der Waals surface area contributed by atoms with Crippen molar-refractivity contribution in [3.05, 3.63) is 95.4 Å². The summed E-state index contributed by atoms with van der Waals surface area (Å²) in [6.45, 7) is 8.37. The number of hydrogen-bond donors (Lipinski definition) is 3. The molecule has 6 rings (SSSR count). The standard InChI is InChI=1S/C33H33ClN6O5S/c1-5-44-32(43)39-15-14-38-24-17-22(11-13-27(24)46-31(38)39)45-26-9-7-6-8-20(26)19-35-30(42)36-29-18-28(33(2,3)4)37-40(29)21-10-12-25(41)23(34)16-21/h6-18,31,41H,5,19H2,1-4H3,(H2,35,36,42). The van der Waals surface area contributed by atoms with Crippen molar-refractivity contribution in [3.8, 4) is 22.9 Å². The van der Waals surface area contributed by atoms with Crippen molar-refractivity contribution in [2.24, 2.45) is 0 Å². The maximum Gasteiger partial charge on any atom is 0.416 e. The van der Waals surface area contributed by atoms with Gasteiger partial charge in [0.15, 0.2) is 5.50 Å². The van der Waals surface area contributed by atoms with Crippen molar-refractivity contribution in [1.29, 1.82) is 0 Å². The van der Waals surface area contributed by atoms with Gasteiger partial charge in [0, 0.05) is 47.0 Å². The van der Waals surface area contributed by atoms with Crippen LogP contribution < -0.4 is 20.3 Å². The molecule has 2 aliphatic rings. The summed E-state index contributed by atoms with van der Waals surface area (Å²) in [6.07, 6.45) is 3.18. The van der Waals surface area contributed by atoms with Gasteiger partial charge in [-0.2, -0.15) is 5.10 Å². The second-order valence-electron chi connectivity index (χ2n) is 11.6. The number of aromatic nitrogens is 2. The number of nitrogens with one attached hydrogen (secondary N) is 2. The van der Waals surface area contributed by atoms with Crippen LogP contribution in [0.1, 0.15) is 39.0 Å². The number of phenols is 1. The number of benzene rings is 3. The number of hydrogen-bond acceptors (Lipinski definition) is 8. The lowest BCUT2D eigenvalue weighted by Gasteiger charge is -2.23. The number of phenolic OH excluding ortho intramolecular Hbond substituents is 1. The van der Waals surface area contributed by atoms with Gasteiger partial charge in [0.25, 0.3) is 0 Å². The Hall–Kier alpha value is -4.81. The second-order valence-corrected chi connectivity index (χ2v) is 13.1. The zero-order chi connectivity index (χ0) is 32.6. The summed E-state index contributed by atoms with van der Waals surface area (Å²) in [5.74, 6) is 1.61. The van der Waals surface area contributed by atoms with Gasteiger partial charge in [0.05, 0.1) is 28.7 Å². The van der Waals surface area contributed by atoms with Crippen LogP contribution in [-0.2, 0) is 16.7 Å². The smallest absolute Gasteiger partial charge is 0.416 e. The molecule has 0 fully saturated rings. The Bertz CT molecular complexity index is 1840.